The normalized spacial score (nSPS) is 11.8. The van der Waals surface area contributed by atoms with Crippen LogP contribution < -0.4 is 10.6 Å². The molecule has 132 valence electrons. The minimum absolute atomic E-state index is 0.00703. The average Bonchev–Trinajstić information content (AvgIpc) is 2.52. The standard InChI is InChI=1S/C17H24N2O5/c1-11(2)8-14(17(22)23)19-16(21)13-6-4-12(5-7-13)9-18-15(20)10-24-3/h4-7,11,14H,8-10H2,1-3H3,(H,18,20)(H,19,21)(H,22,23). The van der Waals surface area contributed by atoms with E-state index < -0.39 is 17.9 Å². The summed E-state index contributed by atoms with van der Waals surface area (Å²) in [6.45, 7) is 4.12. The van der Waals surface area contributed by atoms with E-state index in [1.165, 1.54) is 7.11 Å². The second-order valence-corrected chi connectivity index (χ2v) is 5.90. The highest BCUT2D eigenvalue weighted by molar-refractivity contribution is 5.96. The molecule has 0 saturated heterocycles. The Morgan fingerprint density at radius 2 is 1.79 bits per heavy atom. The van der Waals surface area contributed by atoms with E-state index in [2.05, 4.69) is 10.6 Å². The fourth-order valence-electron chi connectivity index (χ4n) is 2.09. The number of carbonyl (C=O) groups is 3. The number of carboxylic acids is 1. The van der Waals surface area contributed by atoms with Crippen LogP contribution in [-0.4, -0.2) is 42.6 Å². The Morgan fingerprint density at radius 1 is 1.17 bits per heavy atom. The van der Waals surface area contributed by atoms with Gasteiger partial charge in [0.1, 0.15) is 12.6 Å². The first-order valence-electron chi connectivity index (χ1n) is 7.71. The number of nitrogens with one attached hydrogen (secondary N) is 2. The van der Waals surface area contributed by atoms with Crippen molar-refractivity contribution in [2.45, 2.75) is 32.9 Å². The number of amides is 2. The molecule has 0 aliphatic rings. The molecular weight excluding hydrogens is 312 g/mol. The molecule has 0 aliphatic heterocycles. The van der Waals surface area contributed by atoms with Crippen molar-refractivity contribution in [1.82, 2.24) is 10.6 Å². The van der Waals surface area contributed by atoms with Gasteiger partial charge in [-0.05, 0) is 30.0 Å². The van der Waals surface area contributed by atoms with Crippen molar-refractivity contribution in [1.29, 1.82) is 0 Å². The minimum atomic E-state index is -1.05. The molecular formula is C17H24N2O5. The van der Waals surface area contributed by atoms with Gasteiger partial charge in [-0.3, -0.25) is 9.59 Å². The third-order valence-corrected chi connectivity index (χ3v) is 3.29. The number of ether oxygens (including phenoxy) is 1. The molecule has 0 aromatic heterocycles. The fraction of sp³-hybridized carbons (Fsp3) is 0.471. The summed E-state index contributed by atoms with van der Waals surface area (Å²) in [5.41, 5.74) is 1.20. The van der Waals surface area contributed by atoms with Gasteiger partial charge >= 0.3 is 5.97 Å². The van der Waals surface area contributed by atoms with Gasteiger partial charge in [-0.2, -0.15) is 0 Å². The predicted molar refractivity (Wildman–Crippen MR) is 88.5 cm³/mol. The van der Waals surface area contributed by atoms with Crippen LogP contribution in [0.2, 0.25) is 0 Å². The lowest BCUT2D eigenvalue weighted by Crippen LogP contribution is -2.41. The molecule has 7 heteroatoms. The predicted octanol–water partition coefficient (Wildman–Crippen LogP) is 1.18. The first kappa shape index (κ1) is 19.6. The van der Waals surface area contributed by atoms with Crippen LogP contribution in [-0.2, 0) is 20.9 Å². The Kier molecular flexibility index (Phi) is 7.91. The molecule has 0 heterocycles. The van der Waals surface area contributed by atoms with Crippen LogP contribution in [0.1, 0.15) is 36.2 Å². The van der Waals surface area contributed by atoms with Crippen LogP contribution in [0, 0.1) is 5.92 Å². The number of aliphatic carboxylic acids is 1. The van der Waals surface area contributed by atoms with Crippen LogP contribution >= 0.6 is 0 Å². The number of benzene rings is 1. The fourth-order valence-corrected chi connectivity index (χ4v) is 2.09. The maximum atomic E-state index is 12.1. The largest absolute Gasteiger partial charge is 0.480 e. The first-order valence-corrected chi connectivity index (χ1v) is 7.71. The molecule has 0 radical (unpaired) electrons. The van der Waals surface area contributed by atoms with Gasteiger partial charge in [0.2, 0.25) is 5.91 Å². The molecule has 0 saturated carbocycles. The van der Waals surface area contributed by atoms with E-state index in [1.807, 2.05) is 13.8 Å². The third-order valence-electron chi connectivity index (χ3n) is 3.29. The molecule has 1 rings (SSSR count). The molecule has 0 fully saturated rings. The van der Waals surface area contributed by atoms with Gasteiger partial charge in [-0.25, -0.2) is 4.79 Å². The van der Waals surface area contributed by atoms with Crippen LogP contribution in [0.4, 0.5) is 0 Å². The smallest absolute Gasteiger partial charge is 0.326 e. The zero-order valence-electron chi connectivity index (χ0n) is 14.2. The summed E-state index contributed by atoms with van der Waals surface area (Å²) in [7, 11) is 1.44. The Morgan fingerprint density at radius 3 is 2.29 bits per heavy atom. The van der Waals surface area contributed by atoms with Crippen LogP contribution in [0.25, 0.3) is 0 Å². The molecule has 2 amide bonds. The van der Waals surface area contributed by atoms with Gasteiger partial charge in [0.05, 0.1) is 0 Å². The second-order valence-electron chi connectivity index (χ2n) is 5.90. The van der Waals surface area contributed by atoms with E-state index in [0.29, 0.717) is 18.5 Å². The zero-order valence-corrected chi connectivity index (χ0v) is 14.2. The summed E-state index contributed by atoms with van der Waals surface area (Å²) >= 11 is 0. The van der Waals surface area contributed by atoms with Gasteiger partial charge in [-0.1, -0.05) is 26.0 Å². The lowest BCUT2D eigenvalue weighted by molar-refractivity contribution is -0.139. The van der Waals surface area contributed by atoms with Crippen molar-refractivity contribution in [2.75, 3.05) is 13.7 Å². The number of methoxy groups -OCH3 is 1. The monoisotopic (exact) mass is 336 g/mol. The number of carboxylic acid groups (broad SMARTS) is 1. The highest BCUT2D eigenvalue weighted by Gasteiger charge is 2.21. The lowest BCUT2D eigenvalue weighted by Gasteiger charge is -2.16. The topological polar surface area (TPSA) is 105 Å². The number of carbonyl (C=O) groups excluding carboxylic acids is 2. The SMILES string of the molecule is COCC(=O)NCc1ccc(C(=O)NC(CC(C)C)C(=O)O)cc1. The average molecular weight is 336 g/mol. The van der Waals surface area contributed by atoms with Crippen molar-refractivity contribution in [3.05, 3.63) is 35.4 Å². The highest BCUT2D eigenvalue weighted by atomic mass is 16.5. The summed E-state index contributed by atoms with van der Waals surface area (Å²) in [6.07, 6.45) is 0.366. The van der Waals surface area contributed by atoms with Crippen molar-refractivity contribution in [3.63, 3.8) is 0 Å². The summed E-state index contributed by atoms with van der Waals surface area (Å²) in [6, 6.07) is 5.70. The lowest BCUT2D eigenvalue weighted by atomic mass is 10.0. The molecule has 0 spiro atoms. The van der Waals surface area contributed by atoms with E-state index in [-0.39, 0.29) is 18.4 Å². The Labute approximate surface area is 141 Å². The van der Waals surface area contributed by atoms with Gasteiger partial charge in [-0.15, -0.1) is 0 Å². The molecule has 0 aliphatic carbocycles. The minimum Gasteiger partial charge on any atom is -0.480 e. The van der Waals surface area contributed by atoms with E-state index in [4.69, 9.17) is 9.84 Å². The summed E-state index contributed by atoms with van der Waals surface area (Å²) in [5, 5.41) is 14.4. The molecule has 3 N–H and O–H groups in total. The van der Waals surface area contributed by atoms with Gasteiger partial charge in [0.15, 0.2) is 0 Å². The Bertz CT molecular complexity index is 569. The van der Waals surface area contributed by atoms with Gasteiger partial charge < -0.3 is 20.5 Å². The Hall–Kier alpha value is -2.41. The second kappa shape index (κ2) is 9.67. The molecule has 24 heavy (non-hydrogen) atoms. The van der Waals surface area contributed by atoms with Gasteiger partial charge in [0, 0.05) is 19.2 Å². The molecule has 1 atom stereocenters. The Balaban J connectivity index is 2.62. The van der Waals surface area contributed by atoms with Crippen molar-refractivity contribution in [2.24, 2.45) is 5.92 Å². The summed E-state index contributed by atoms with van der Waals surface area (Å²) in [4.78, 5) is 34.6. The van der Waals surface area contributed by atoms with E-state index in [0.717, 1.165) is 5.56 Å². The van der Waals surface area contributed by atoms with Crippen LogP contribution in [0.3, 0.4) is 0 Å². The molecule has 7 nitrogen and oxygen atoms in total. The number of hydrogen-bond donors (Lipinski definition) is 3. The van der Waals surface area contributed by atoms with Crippen molar-refractivity contribution in [3.8, 4) is 0 Å². The molecule has 1 aromatic rings. The maximum absolute atomic E-state index is 12.1. The van der Waals surface area contributed by atoms with E-state index in [1.54, 1.807) is 24.3 Å². The maximum Gasteiger partial charge on any atom is 0.326 e. The van der Waals surface area contributed by atoms with Gasteiger partial charge in [0.25, 0.3) is 5.91 Å². The first-order chi connectivity index (χ1) is 11.3. The molecule has 0 bridgehead atoms. The summed E-state index contributed by atoms with van der Waals surface area (Å²) in [5.74, 6) is -1.55. The molecule has 1 aromatic carbocycles. The van der Waals surface area contributed by atoms with Crippen LogP contribution in [0.15, 0.2) is 24.3 Å². The van der Waals surface area contributed by atoms with E-state index >= 15 is 0 Å². The van der Waals surface area contributed by atoms with Crippen molar-refractivity contribution < 1.29 is 24.2 Å². The number of rotatable bonds is 9. The summed E-state index contributed by atoms with van der Waals surface area (Å²) < 4.78 is 4.71. The zero-order chi connectivity index (χ0) is 18.1. The molecule has 1 unspecified atom stereocenters. The quantitative estimate of drug-likeness (QED) is 0.628. The number of hydrogen-bond acceptors (Lipinski definition) is 4. The van der Waals surface area contributed by atoms with E-state index in [9.17, 15) is 14.4 Å². The third kappa shape index (κ3) is 6.78. The highest BCUT2D eigenvalue weighted by Crippen LogP contribution is 2.08. The van der Waals surface area contributed by atoms with Crippen LogP contribution in [0.5, 0.6) is 0 Å². The van der Waals surface area contributed by atoms with Crippen molar-refractivity contribution >= 4 is 17.8 Å².